The molecule has 1 aromatic carbocycles. The van der Waals surface area contributed by atoms with Crippen molar-refractivity contribution in [1.29, 1.82) is 0 Å². The first-order valence-electron chi connectivity index (χ1n) is 5.32. The number of nitrogens with zero attached hydrogens (tertiary/aromatic N) is 1. The third kappa shape index (κ3) is 3.98. The van der Waals surface area contributed by atoms with Crippen LogP contribution in [-0.4, -0.2) is 10.8 Å². The minimum Gasteiger partial charge on any atom is -0.375 e. The molecule has 0 atom stereocenters. The van der Waals surface area contributed by atoms with E-state index in [2.05, 4.69) is 48.6 Å². The average Bonchev–Trinajstić information content (AvgIpc) is 2.25. The van der Waals surface area contributed by atoms with Crippen LogP contribution in [0.2, 0.25) is 0 Å². The fourth-order valence-corrected chi connectivity index (χ4v) is 1.42. The Morgan fingerprint density at radius 1 is 1.38 bits per heavy atom. The van der Waals surface area contributed by atoms with E-state index in [1.165, 1.54) is 5.56 Å². The maximum Gasteiger partial charge on any atom is 0.184 e. The Hall–Kier alpha value is -1.42. The molecule has 0 radical (unpaired) electrons. The second-order valence-electron chi connectivity index (χ2n) is 3.65. The van der Waals surface area contributed by atoms with Gasteiger partial charge < -0.3 is 5.73 Å². The van der Waals surface area contributed by atoms with Crippen molar-refractivity contribution in [3.05, 3.63) is 35.4 Å². The molecule has 0 unspecified atom stereocenters. The quantitative estimate of drug-likeness (QED) is 0.478. The molecule has 16 heavy (non-hydrogen) atoms. The van der Waals surface area contributed by atoms with Crippen molar-refractivity contribution >= 4 is 23.0 Å². The fraction of sp³-hybridized carbons (Fsp3) is 0.333. The lowest BCUT2D eigenvalue weighted by molar-refractivity contribution is 0.951. The predicted octanol–water partition coefficient (Wildman–Crippen LogP) is 2.33. The first-order chi connectivity index (χ1) is 7.63. The van der Waals surface area contributed by atoms with Gasteiger partial charge in [-0.15, -0.1) is 0 Å². The van der Waals surface area contributed by atoms with Gasteiger partial charge in [0.05, 0.1) is 5.71 Å². The predicted molar refractivity (Wildman–Crippen MR) is 72.5 cm³/mol. The van der Waals surface area contributed by atoms with Gasteiger partial charge >= 0.3 is 0 Å². The number of hydrogen-bond acceptors (Lipinski definition) is 2. The molecule has 0 amide bonds. The molecule has 0 aliphatic rings. The van der Waals surface area contributed by atoms with Gasteiger partial charge in [-0.05, 0) is 31.1 Å². The summed E-state index contributed by atoms with van der Waals surface area (Å²) in [5, 5.41) is 4.41. The van der Waals surface area contributed by atoms with E-state index in [1.807, 2.05) is 0 Å². The van der Waals surface area contributed by atoms with Crippen LogP contribution >= 0.6 is 12.2 Å². The first kappa shape index (κ1) is 12.6. The zero-order valence-corrected chi connectivity index (χ0v) is 10.5. The van der Waals surface area contributed by atoms with Gasteiger partial charge in [-0.2, -0.15) is 5.10 Å². The lowest BCUT2D eigenvalue weighted by Gasteiger charge is -2.06. The van der Waals surface area contributed by atoms with Gasteiger partial charge in [0.25, 0.3) is 0 Å². The molecule has 0 saturated carbocycles. The van der Waals surface area contributed by atoms with Crippen LogP contribution in [-0.2, 0) is 0 Å². The molecule has 1 rings (SSSR count). The molecule has 3 N–H and O–H groups in total. The van der Waals surface area contributed by atoms with Gasteiger partial charge in [0.1, 0.15) is 0 Å². The van der Waals surface area contributed by atoms with Crippen molar-refractivity contribution in [2.45, 2.75) is 26.7 Å². The number of rotatable bonds is 4. The van der Waals surface area contributed by atoms with E-state index >= 15 is 0 Å². The number of hydrazone groups is 1. The summed E-state index contributed by atoms with van der Waals surface area (Å²) in [5.41, 5.74) is 11.3. The third-order valence-corrected chi connectivity index (χ3v) is 2.26. The molecule has 0 aromatic heterocycles. The minimum absolute atomic E-state index is 0.195. The fourth-order valence-electron chi connectivity index (χ4n) is 1.37. The van der Waals surface area contributed by atoms with E-state index in [4.69, 9.17) is 18.0 Å². The molecule has 0 saturated heterocycles. The van der Waals surface area contributed by atoms with Crippen LogP contribution in [0.4, 0.5) is 0 Å². The van der Waals surface area contributed by atoms with Crippen LogP contribution in [0.3, 0.4) is 0 Å². The Morgan fingerprint density at radius 2 is 2.00 bits per heavy atom. The highest BCUT2D eigenvalue weighted by Gasteiger charge is 2.02. The van der Waals surface area contributed by atoms with Crippen molar-refractivity contribution in [1.82, 2.24) is 5.43 Å². The van der Waals surface area contributed by atoms with Crippen molar-refractivity contribution in [2.75, 3.05) is 0 Å². The Morgan fingerprint density at radius 3 is 2.50 bits per heavy atom. The van der Waals surface area contributed by atoms with E-state index < -0.39 is 0 Å². The van der Waals surface area contributed by atoms with Gasteiger partial charge in [0.15, 0.2) is 5.11 Å². The molecule has 0 bridgehead atoms. The molecule has 0 fully saturated rings. The van der Waals surface area contributed by atoms with Crippen molar-refractivity contribution in [3.8, 4) is 0 Å². The van der Waals surface area contributed by atoms with Gasteiger partial charge in [-0.25, -0.2) is 0 Å². The van der Waals surface area contributed by atoms with E-state index in [-0.39, 0.29) is 5.11 Å². The highest BCUT2D eigenvalue weighted by molar-refractivity contribution is 7.80. The van der Waals surface area contributed by atoms with Gasteiger partial charge in [-0.1, -0.05) is 43.2 Å². The smallest absolute Gasteiger partial charge is 0.184 e. The number of aryl methyl sites for hydroxylation is 1. The number of nitrogens with two attached hydrogens (primary N) is 1. The monoisotopic (exact) mass is 235 g/mol. The zero-order chi connectivity index (χ0) is 12.0. The molecule has 4 heteroatoms. The maximum atomic E-state index is 5.35. The van der Waals surface area contributed by atoms with Crippen LogP contribution in [0.1, 0.15) is 30.9 Å². The van der Waals surface area contributed by atoms with E-state index in [0.29, 0.717) is 0 Å². The van der Waals surface area contributed by atoms with E-state index in [9.17, 15) is 0 Å². The minimum atomic E-state index is 0.195. The zero-order valence-electron chi connectivity index (χ0n) is 9.66. The summed E-state index contributed by atoms with van der Waals surface area (Å²) >= 11 is 4.73. The Bertz CT molecular complexity index is 382. The second kappa shape index (κ2) is 6.23. The average molecular weight is 235 g/mol. The Kier molecular flexibility index (Phi) is 4.92. The van der Waals surface area contributed by atoms with Crippen molar-refractivity contribution in [3.63, 3.8) is 0 Å². The van der Waals surface area contributed by atoms with Crippen LogP contribution in [0.25, 0.3) is 0 Å². The topological polar surface area (TPSA) is 50.4 Å². The lowest BCUT2D eigenvalue weighted by Crippen LogP contribution is -2.25. The molecular formula is C12H17N3S. The van der Waals surface area contributed by atoms with Crippen LogP contribution < -0.4 is 11.2 Å². The number of thiocarbonyl (C=S) groups is 1. The normalized spacial score (nSPS) is 11.2. The molecule has 86 valence electrons. The molecule has 0 spiro atoms. The maximum absolute atomic E-state index is 5.35. The van der Waals surface area contributed by atoms with Crippen LogP contribution in [0.15, 0.2) is 29.4 Å². The van der Waals surface area contributed by atoms with Crippen LogP contribution in [0.5, 0.6) is 0 Å². The summed E-state index contributed by atoms with van der Waals surface area (Å²) in [4.78, 5) is 0. The summed E-state index contributed by atoms with van der Waals surface area (Å²) in [5.74, 6) is 0. The summed E-state index contributed by atoms with van der Waals surface area (Å²) in [6.45, 7) is 4.18. The highest BCUT2D eigenvalue weighted by atomic mass is 32.1. The summed E-state index contributed by atoms with van der Waals surface area (Å²) in [7, 11) is 0. The Labute approximate surface area is 102 Å². The molecule has 3 nitrogen and oxygen atoms in total. The second-order valence-corrected chi connectivity index (χ2v) is 4.09. The van der Waals surface area contributed by atoms with Crippen molar-refractivity contribution in [2.24, 2.45) is 10.8 Å². The van der Waals surface area contributed by atoms with Crippen LogP contribution in [0, 0.1) is 6.92 Å². The largest absolute Gasteiger partial charge is 0.375 e. The lowest BCUT2D eigenvalue weighted by atomic mass is 10.0. The standard InChI is InChI=1S/C12H17N3S/c1-3-4-11(14-15-12(13)16)10-7-5-9(2)6-8-10/h5-8H,3-4H2,1-2H3,(H3,13,15,16). The molecule has 1 aromatic rings. The molecule has 0 heterocycles. The van der Waals surface area contributed by atoms with E-state index in [1.54, 1.807) is 0 Å². The SMILES string of the molecule is CCCC(=NNC(N)=S)c1ccc(C)cc1. The van der Waals surface area contributed by atoms with Crippen molar-refractivity contribution < 1.29 is 0 Å². The summed E-state index contributed by atoms with van der Waals surface area (Å²) in [6, 6.07) is 8.26. The highest BCUT2D eigenvalue weighted by Crippen LogP contribution is 2.08. The first-order valence-corrected chi connectivity index (χ1v) is 5.73. The van der Waals surface area contributed by atoms with Gasteiger partial charge in [0, 0.05) is 0 Å². The summed E-state index contributed by atoms with van der Waals surface area (Å²) in [6.07, 6.45) is 1.93. The number of hydrogen-bond donors (Lipinski definition) is 2. The Balaban J connectivity index is 2.88. The van der Waals surface area contributed by atoms with Gasteiger partial charge in [-0.3, -0.25) is 5.43 Å². The molecule has 0 aliphatic carbocycles. The molecular weight excluding hydrogens is 218 g/mol. The van der Waals surface area contributed by atoms with E-state index in [0.717, 1.165) is 24.1 Å². The van der Waals surface area contributed by atoms with Gasteiger partial charge in [0.2, 0.25) is 0 Å². The third-order valence-electron chi connectivity index (χ3n) is 2.17. The number of benzene rings is 1. The molecule has 0 aliphatic heterocycles. The number of nitrogens with one attached hydrogen (secondary N) is 1. The summed E-state index contributed by atoms with van der Waals surface area (Å²) < 4.78 is 0.